The van der Waals surface area contributed by atoms with Crippen molar-refractivity contribution in [3.63, 3.8) is 0 Å². The van der Waals surface area contributed by atoms with Crippen LogP contribution in [0.1, 0.15) is 24.4 Å². The van der Waals surface area contributed by atoms with Gasteiger partial charge in [0.25, 0.3) is 0 Å². The molecular weight excluding hydrogens is 505 g/mol. The van der Waals surface area contributed by atoms with Crippen LogP contribution in [0, 0.1) is 0 Å². The van der Waals surface area contributed by atoms with Crippen LogP contribution in [-0.2, 0) is 4.79 Å². The molecule has 182 valence electrons. The zero-order chi connectivity index (χ0) is 25.8. The number of carbonyl (C=O) groups is 3. The molecule has 0 saturated carbocycles. The SMILES string of the molecule is CC(C)(O)C(=O)c1oc2nc(-c3ccccc3Cl)c(-c3ccc(Cl)cc3)cc2c1N1CC(=O)NC1=O. The number of nitrogens with zero attached hydrogens (tertiary/aromatic N) is 2. The number of rotatable bonds is 5. The Hall–Kier alpha value is -3.72. The summed E-state index contributed by atoms with van der Waals surface area (Å²) < 4.78 is 5.88. The van der Waals surface area contributed by atoms with E-state index < -0.39 is 23.3 Å². The highest BCUT2D eigenvalue weighted by atomic mass is 35.5. The molecule has 2 aromatic heterocycles. The van der Waals surface area contributed by atoms with E-state index in [9.17, 15) is 19.5 Å². The molecule has 0 atom stereocenters. The molecule has 2 aromatic carbocycles. The standard InChI is InChI=1S/C26H19Cl2N3O5/c1-26(2,35)23(33)22-21(31-12-19(32)29-25(31)34)17-11-16(13-7-9-14(27)10-8-13)20(30-24(17)36-22)15-5-3-4-6-18(15)28/h3-11,35H,12H2,1-2H3,(H,29,32,34). The number of nitrogens with one attached hydrogen (secondary N) is 1. The number of aromatic nitrogens is 1. The predicted molar refractivity (Wildman–Crippen MR) is 136 cm³/mol. The van der Waals surface area contributed by atoms with Gasteiger partial charge in [0.05, 0.1) is 11.1 Å². The van der Waals surface area contributed by atoms with Gasteiger partial charge in [-0.3, -0.25) is 19.8 Å². The Balaban J connectivity index is 1.86. The van der Waals surface area contributed by atoms with Crippen LogP contribution in [0.25, 0.3) is 33.5 Å². The van der Waals surface area contributed by atoms with Gasteiger partial charge in [-0.1, -0.05) is 53.5 Å². The van der Waals surface area contributed by atoms with Gasteiger partial charge in [0, 0.05) is 21.2 Å². The number of Topliss-reactive ketones (excluding diaryl/α,β-unsaturated/α-hetero) is 1. The maximum atomic E-state index is 13.2. The van der Waals surface area contributed by atoms with Gasteiger partial charge in [-0.25, -0.2) is 9.78 Å². The minimum absolute atomic E-state index is 0.0392. The van der Waals surface area contributed by atoms with Crippen molar-refractivity contribution in [3.8, 4) is 22.4 Å². The van der Waals surface area contributed by atoms with Gasteiger partial charge in [-0.15, -0.1) is 0 Å². The van der Waals surface area contributed by atoms with Crippen LogP contribution in [0.5, 0.6) is 0 Å². The number of amides is 3. The Morgan fingerprint density at radius 3 is 2.39 bits per heavy atom. The molecule has 0 bridgehead atoms. The van der Waals surface area contributed by atoms with Crippen LogP contribution in [-0.4, -0.2) is 40.0 Å². The summed E-state index contributed by atoms with van der Waals surface area (Å²) in [5.41, 5.74) is 0.739. The number of hydrogen-bond acceptors (Lipinski definition) is 6. The zero-order valence-electron chi connectivity index (χ0n) is 19.1. The number of imide groups is 1. The molecule has 1 saturated heterocycles. The smallest absolute Gasteiger partial charge is 0.329 e. The van der Waals surface area contributed by atoms with Gasteiger partial charge >= 0.3 is 6.03 Å². The van der Waals surface area contributed by atoms with E-state index in [1.54, 1.807) is 48.5 Å². The van der Waals surface area contributed by atoms with E-state index in [-0.39, 0.29) is 23.7 Å². The first-order valence-corrected chi connectivity index (χ1v) is 11.7. The summed E-state index contributed by atoms with van der Waals surface area (Å²) >= 11 is 12.6. The lowest BCUT2D eigenvalue weighted by atomic mass is 9.97. The van der Waals surface area contributed by atoms with E-state index >= 15 is 0 Å². The van der Waals surface area contributed by atoms with Crippen LogP contribution in [0.3, 0.4) is 0 Å². The number of ketones is 1. The number of urea groups is 1. The molecule has 4 aromatic rings. The summed E-state index contributed by atoms with van der Waals surface area (Å²) in [6, 6.07) is 15.2. The molecule has 10 heteroatoms. The number of halogens is 2. The molecule has 8 nitrogen and oxygen atoms in total. The van der Waals surface area contributed by atoms with Crippen LogP contribution < -0.4 is 10.2 Å². The Morgan fingerprint density at radius 2 is 1.78 bits per heavy atom. The highest BCUT2D eigenvalue weighted by Gasteiger charge is 2.39. The number of fused-ring (bicyclic) bond motifs is 1. The molecule has 2 N–H and O–H groups in total. The van der Waals surface area contributed by atoms with Crippen molar-refractivity contribution in [1.82, 2.24) is 10.3 Å². The largest absolute Gasteiger partial charge is 0.432 e. The second-order valence-electron chi connectivity index (χ2n) is 8.83. The summed E-state index contributed by atoms with van der Waals surface area (Å²) in [7, 11) is 0. The minimum Gasteiger partial charge on any atom is -0.432 e. The topological polar surface area (TPSA) is 113 Å². The molecule has 36 heavy (non-hydrogen) atoms. The lowest BCUT2D eigenvalue weighted by Crippen LogP contribution is -2.34. The van der Waals surface area contributed by atoms with Crippen molar-refractivity contribution in [3.05, 3.63) is 70.4 Å². The van der Waals surface area contributed by atoms with E-state index in [4.69, 9.17) is 32.6 Å². The molecule has 5 rings (SSSR count). The third kappa shape index (κ3) is 4.13. The molecule has 1 aliphatic heterocycles. The fourth-order valence-electron chi connectivity index (χ4n) is 4.04. The zero-order valence-corrected chi connectivity index (χ0v) is 20.6. The van der Waals surface area contributed by atoms with Crippen molar-refractivity contribution in [2.45, 2.75) is 19.4 Å². The molecule has 3 amide bonds. The average Bonchev–Trinajstić information content (AvgIpc) is 3.35. The lowest BCUT2D eigenvalue weighted by Gasteiger charge is -2.18. The summed E-state index contributed by atoms with van der Waals surface area (Å²) in [6.07, 6.45) is 0. The maximum Gasteiger partial charge on any atom is 0.329 e. The van der Waals surface area contributed by atoms with Gasteiger partial charge in [-0.05, 0) is 43.7 Å². The average molecular weight is 524 g/mol. The number of benzene rings is 2. The Labute approximate surface area is 215 Å². The number of pyridine rings is 1. The van der Waals surface area contributed by atoms with Gasteiger partial charge in [0.1, 0.15) is 17.8 Å². The third-order valence-corrected chi connectivity index (χ3v) is 6.35. The van der Waals surface area contributed by atoms with Crippen molar-refractivity contribution >= 4 is 57.7 Å². The molecular formula is C26H19Cl2N3O5. The normalized spacial score (nSPS) is 14.0. The first-order chi connectivity index (χ1) is 17.0. The molecule has 1 fully saturated rings. The van der Waals surface area contributed by atoms with E-state index in [0.29, 0.717) is 32.3 Å². The van der Waals surface area contributed by atoms with Crippen molar-refractivity contribution in [2.75, 3.05) is 11.4 Å². The second kappa shape index (κ2) is 8.74. The second-order valence-corrected chi connectivity index (χ2v) is 9.68. The number of furan rings is 1. The fraction of sp³-hybridized carbons (Fsp3) is 0.154. The summed E-state index contributed by atoms with van der Waals surface area (Å²) in [4.78, 5) is 43.6. The van der Waals surface area contributed by atoms with Crippen molar-refractivity contribution in [2.24, 2.45) is 0 Å². The van der Waals surface area contributed by atoms with Gasteiger partial charge in [0.2, 0.25) is 17.4 Å². The number of hydrogen-bond donors (Lipinski definition) is 2. The Bertz CT molecular complexity index is 1550. The van der Waals surface area contributed by atoms with Crippen molar-refractivity contribution in [1.29, 1.82) is 0 Å². The summed E-state index contributed by atoms with van der Waals surface area (Å²) in [6.45, 7) is 2.30. The predicted octanol–water partition coefficient (Wildman–Crippen LogP) is 5.48. The van der Waals surface area contributed by atoms with Crippen LogP contribution >= 0.6 is 23.2 Å². The van der Waals surface area contributed by atoms with Crippen LogP contribution in [0.4, 0.5) is 10.5 Å². The fourth-order valence-corrected chi connectivity index (χ4v) is 4.39. The molecule has 0 radical (unpaired) electrons. The minimum atomic E-state index is -1.81. The molecule has 3 heterocycles. The van der Waals surface area contributed by atoms with Gasteiger partial charge in [-0.2, -0.15) is 0 Å². The number of anilines is 1. The van der Waals surface area contributed by atoms with E-state index in [1.807, 2.05) is 6.07 Å². The quantitative estimate of drug-likeness (QED) is 0.264. The molecule has 0 unspecified atom stereocenters. The monoisotopic (exact) mass is 523 g/mol. The maximum absolute atomic E-state index is 13.2. The first-order valence-electron chi connectivity index (χ1n) is 10.9. The van der Waals surface area contributed by atoms with Crippen LogP contribution in [0.15, 0.2) is 59.0 Å². The third-order valence-electron chi connectivity index (χ3n) is 5.77. The van der Waals surface area contributed by atoms with E-state index in [0.717, 1.165) is 10.5 Å². The highest BCUT2D eigenvalue weighted by molar-refractivity contribution is 6.33. The van der Waals surface area contributed by atoms with E-state index in [1.165, 1.54) is 13.8 Å². The molecule has 0 aliphatic carbocycles. The summed E-state index contributed by atoms with van der Waals surface area (Å²) in [5, 5.41) is 13.9. The molecule has 0 spiro atoms. The number of carbonyl (C=O) groups excluding carboxylic acids is 3. The van der Waals surface area contributed by atoms with Crippen LogP contribution in [0.2, 0.25) is 10.0 Å². The van der Waals surface area contributed by atoms with E-state index in [2.05, 4.69) is 5.32 Å². The Kier molecular flexibility index (Phi) is 5.83. The lowest BCUT2D eigenvalue weighted by molar-refractivity contribution is -0.117. The first kappa shape index (κ1) is 24.0. The van der Waals surface area contributed by atoms with Gasteiger partial charge in [0.15, 0.2) is 5.76 Å². The van der Waals surface area contributed by atoms with Gasteiger partial charge < -0.3 is 9.52 Å². The van der Waals surface area contributed by atoms with Crippen molar-refractivity contribution < 1.29 is 23.9 Å². The summed E-state index contributed by atoms with van der Waals surface area (Å²) in [5.74, 6) is -1.59. The number of aliphatic hydroxyl groups is 1. The highest BCUT2D eigenvalue weighted by Crippen LogP contribution is 2.42. The molecule has 1 aliphatic rings. The Morgan fingerprint density at radius 1 is 1.08 bits per heavy atom.